The Balaban J connectivity index is 0.928. The highest BCUT2D eigenvalue weighted by Gasteiger charge is 2.90. The van der Waals surface area contributed by atoms with E-state index in [0.717, 1.165) is 40.7 Å². The Bertz CT molecular complexity index is 3670. The van der Waals surface area contributed by atoms with Crippen LogP contribution in [0.25, 0.3) is 66.4 Å². The molecule has 0 aliphatic heterocycles. The maximum absolute atomic E-state index is 2.62. The third kappa shape index (κ3) is 6.34. The Morgan fingerprint density at radius 2 is 0.878 bits per heavy atom. The smallest absolute Gasteiger partial charge is 0.0540 e. The zero-order valence-corrected chi connectivity index (χ0v) is 44.9. The lowest BCUT2D eigenvalue weighted by molar-refractivity contribution is -0.412. The van der Waals surface area contributed by atoms with Crippen LogP contribution in [0.15, 0.2) is 194 Å². The van der Waals surface area contributed by atoms with Gasteiger partial charge >= 0.3 is 0 Å². The van der Waals surface area contributed by atoms with Crippen LogP contribution in [-0.2, 0) is 21.7 Å². The van der Waals surface area contributed by atoms with Gasteiger partial charge in [-0.05, 0) is 178 Å². The molecule has 0 radical (unpaired) electrons. The molecule has 0 saturated heterocycles. The number of para-hydroxylation sites is 2. The van der Waals surface area contributed by atoms with Crippen molar-refractivity contribution in [1.82, 2.24) is 0 Å². The van der Waals surface area contributed by atoms with Crippen molar-refractivity contribution in [3.63, 3.8) is 0 Å². The van der Waals surface area contributed by atoms with Crippen molar-refractivity contribution >= 4 is 27.8 Å². The van der Waals surface area contributed by atoms with Crippen LogP contribution in [-0.4, -0.2) is 0 Å². The fourth-order valence-corrected chi connectivity index (χ4v) is 15.8. The minimum Gasteiger partial charge on any atom is -0.309 e. The Morgan fingerprint density at radius 1 is 0.365 bits per heavy atom. The summed E-state index contributed by atoms with van der Waals surface area (Å²) >= 11 is 0. The monoisotopic (exact) mass is 960 g/mol. The number of nitrogens with zero attached hydrogens (tertiary/aromatic N) is 1. The third-order valence-corrected chi connectivity index (χ3v) is 19.4. The zero-order chi connectivity index (χ0) is 50.7. The molecule has 4 fully saturated rings. The van der Waals surface area contributed by atoms with Gasteiger partial charge in [0.15, 0.2) is 0 Å². The van der Waals surface area contributed by atoms with E-state index in [-0.39, 0.29) is 21.7 Å². The molecule has 0 amide bonds. The van der Waals surface area contributed by atoms with Crippen molar-refractivity contribution in [2.45, 2.75) is 103 Å². The van der Waals surface area contributed by atoms with Gasteiger partial charge in [0.05, 0.1) is 11.4 Å². The number of anilines is 3. The summed E-state index contributed by atoms with van der Waals surface area (Å²) < 4.78 is 0. The van der Waals surface area contributed by atoms with Crippen molar-refractivity contribution in [3.05, 3.63) is 222 Å². The Kier molecular flexibility index (Phi) is 9.73. The Hall–Kier alpha value is -6.96. The maximum Gasteiger partial charge on any atom is 0.0540 e. The molecule has 0 N–H and O–H groups in total. The number of fused-ring (bicyclic) bond motifs is 8. The molecule has 1 heteroatoms. The average molecular weight is 960 g/mol. The van der Waals surface area contributed by atoms with E-state index in [9.17, 15) is 0 Å². The molecule has 9 aromatic carbocycles. The first-order valence-electron chi connectivity index (χ1n) is 27.7. The van der Waals surface area contributed by atoms with E-state index in [1.807, 2.05) is 0 Å². The summed E-state index contributed by atoms with van der Waals surface area (Å²) in [5.41, 5.74) is 24.5. The molecule has 4 unspecified atom stereocenters. The molecule has 74 heavy (non-hydrogen) atoms. The fraction of sp³-hybridized carbons (Fsp3) is 0.288. The molecule has 4 saturated carbocycles. The molecule has 5 aliphatic carbocycles. The molecule has 0 aromatic heterocycles. The largest absolute Gasteiger partial charge is 0.309 e. The first-order valence-corrected chi connectivity index (χ1v) is 27.7. The minimum atomic E-state index is -0.00290. The molecule has 14 rings (SSSR count). The first-order chi connectivity index (χ1) is 35.6. The van der Waals surface area contributed by atoms with E-state index in [2.05, 4.69) is 261 Å². The van der Waals surface area contributed by atoms with Gasteiger partial charge in [-0.3, -0.25) is 0 Å². The zero-order valence-electron chi connectivity index (χ0n) is 44.9. The second-order valence-corrected chi connectivity index (χ2v) is 26.1. The number of rotatable bonds is 7. The average Bonchev–Trinajstić information content (AvgIpc) is 3.84. The van der Waals surface area contributed by atoms with Crippen LogP contribution in [0.5, 0.6) is 0 Å². The summed E-state index contributed by atoms with van der Waals surface area (Å²) in [5.74, 6) is 3.60. The van der Waals surface area contributed by atoms with Crippen molar-refractivity contribution in [1.29, 1.82) is 0 Å². The van der Waals surface area contributed by atoms with E-state index in [1.165, 1.54) is 102 Å². The highest BCUT2D eigenvalue weighted by Crippen LogP contribution is 2.94. The molecule has 1 nitrogen and oxygen atoms in total. The van der Waals surface area contributed by atoms with Gasteiger partial charge in [-0.1, -0.05) is 226 Å². The van der Waals surface area contributed by atoms with Gasteiger partial charge in [-0.2, -0.15) is 0 Å². The van der Waals surface area contributed by atoms with E-state index < -0.39 is 0 Å². The third-order valence-electron chi connectivity index (χ3n) is 19.4. The van der Waals surface area contributed by atoms with Crippen molar-refractivity contribution in [2.75, 3.05) is 4.90 Å². The van der Waals surface area contributed by atoms with Crippen LogP contribution < -0.4 is 4.90 Å². The summed E-state index contributed by atoms with van der Waals surface area (Å²) in [6.45, 7) is 20.9. The minimum absolute atomic E-state index is 0.00290. The first kappa shape index (κ1) is 45.6. The van der Waals surface area contributed by atoms with Gasteiger partial charge in [0, 0.05) is 22.2 Å². The van der Waals surface area contributed by atoms with Crippen LogP contribution >= 0.6 is 0 Å². The molecule has 366 valence electrons. The van der Waals surface area contributed by atoms with Crippen molar-refractivity contribution in [2.24, 2.45) is 29.1 Å². The number of benzene rings is 9. The Labute approximate surface area is 440 Å². The van der Waals surface area contributed by atoms with Gasteiger partial charge in [0.25, 0.3) is 0 Å². The highest BCUT2D eigenvalue weighted by molar-refractivity contribution is 6.09. The maximum atomic E-state index is 2.62. The molecule has 0 heterocycles. The summed E-state index contributed by atoms with van der Waals surface area (Å²) in [5, 5.41) is 2.51. The topological polar surface area (TPSA) is 3.24 Å². The lowest BCUT2D eigenvalue weighted by Gasteiger charge is -2.92. The van der Waals surface area contributed by atoms with Crippen molar-refractivity contribution < 1.29 is 0 Å². The van der Waals surface area contributed by atoms with Gasteiger partial charge < -0.3 is 4.90 Å². The molecule has 2 spiro atoms. The van der Waals surface area contributed by atoms with Gasteiger partial charge in [-0.25, -0.2) is 0 Å². The molecule has 5 aliphatic rings. The predicted molar refractivity (Wildman–Crippen MR) is 313 cm³/mol. The quantitative estimate of drug-likeness (QED) is 0.154. The summed E-state index contributed by atoms with van der Waals surface area (Å²) in [6, 6.07) is 75.0. The lowest BCUT2D eigenvalue weighted by Crippen LogP contribution is -2.88. The molecule has 0 bridgehead atoms. The summed E-state index contributed by atoms with van der Waals surface area (Å²) in [4.78, 5) is 2.53. The standard InChI is InChI=1S/C73H69N/c1-69(2,3)50-33-28-46(29-34-50)56-20-11-14-26-64(56)74(65-27-15-12-22-60(65)61-24-17-19-47-18-16-23-57(68(47)61)49-38-51(70(4,5)6)41-52(39-49)71(7,8)9)55-35-30-45(31-36-55)48-32-37-59-58-21-10-13-25-62(58)73(63(59)40-48)66-43-53-42-54-44-67(73)72(53,54)66/h10-41,53-54,66-67H,42-44H2,1-9H3. The molecular weight excluding hydrogens is 891 g/mol. The number of hydrogen-bond donors (Lipinski definition) is 0. The Morgan fingerprint density at radius 3 is 1.50 bits per heavy atom. The van der Waals surface area contributed by atoms with Crippen LogP contribution in [0.1, 0.15) is 109 Å². The van der Waals surface area contributed by atoms with E-state index in [4.69, 9.17) is 0 Å². The summed E-state index contributed by atoms with van der Waals surface area (Å²) in [7, 11) is 0. The molecular formula is C73H69N. The highest BCUT2D eigenvalue weighted by atomic mass is 15.1. The normalized spacial score (nSPS) is 22.9. The van der Waals surface area contributed by atoms with Gasteiger partial charge in [0.2, 0.25) is 0 Å². The van der Waals surface area contributed by atoms with E-state index in [0.29, 0.717) is 5.41 Å². The van der Waals surface area contributed by atoms with Crippen molar-refractivity contribution in [3.8, 4) is 55.6 Å². The van der Waals surface area contributed by atoms with Gasteiger partial charge in [0.1, 0.15) is 0 Å². The molecule has 4 atom stereocenters. The predicted octanol–water partition coefficient (Wildman–Crippen LogP) is 19.8. The van der Waals surface area contributed by atoms with Crippen LogP contribution in [0.3, 0.4) is 0 Å². The van der Waals surface area contributed by atoms with Crippen LogP contribution in [0, 0.1) is 29.1 Å². The fourth-order valence-electron chi connectivity index (χ4n) is 15.8. The van der Waals surface area contributed by atoms with E-state index in [1.54, 1.807) is 11.1 Å². The van der Waals surface area contributed by atoms with E-state index >= 15 is 0 Å². The SMILES string of the molecule is CC(C)(C)c1ccc(-c2ccccc2N(c2ccc(-c3ccc4c(c3)C3(c5ccccc5-4)C4CC5CC6CC3C564)cc2)c2ccccc2-c2cccc3cccc(-c4cc(C(C)(C)C)cc(C(C)(C)C)c4)c23)cc1. The van der Waals surface area contributed by atoms with Crippen LogP contribution in [0.2, 0.25) is 0 Å². The van der Waals surface area contributed by atoms with Crippen LogP contribution in [0.4, 0.5) is 17.1 Å². The second-order valence-electron chi connectivity index (χ2n) is 26.1. The lowest BCUT2D eigenvalue weighted by atomic mass is 9.11. The summed E-state index contributed by atoms with van der Waals surface area (Å²) in [6.07, 6.45) is 4.33. The second kappa shape index (κ2) is 15.8. The number of hydrogen-bond acceptors (Lipinski definition) is 1. The van der Waals surface area contributed by atoms with Gasteiger partial charge in [-0.15, -0.1) is 0 Å². The molecule has 9 aromatic rings.